The lowest BCUT2D eigenvalue weighted by Crippen LogP contribution is -2.14. The smallest absolute Gasteiger partial charge is 0.0686 e. The molecule has 1 rings (SSSR count). The molecule has 0 radical (unpaired) electrons. The van der Waals surface area contributed by atoms with Crippen molar-refractivity contribution in [1.29, 1.82) is 0 Å². The molecule has 0 spiro atoms. The lowest BCUT2D eigenvalue weighted by molar-refractivity contribution is 1.15. The Morgan fingerprint density at radius 2 is 2.29 bits per heavy atom. The van der Waals surface area contributed by atoms with E-state index in [1.165, 1.54) is 5.57 Å². The van der Waals surface area contributed by atoms with Crippen LogP contribution in [0.25, 0.3) is 0 Å². The molecular weight excluding hydrogens is 194 g/mol. The van der Waals surface area contributed by atoms with Crippen molar-refractivity contribution < 1.29 is 0 Å². The first kappa shape index (κ1) is 11.3. The van der Waals surface area contributed by atoms with Gasteiger partial charge in [-0.05, 0) is 24.5 Å². The molecule has 0 N–H and O–H groups in total. The highest BCUT2D eigenvalue weighted by Crippen LogP contribution is 2.21. The Labute approximate surface area is 90.9 Å². The van der Waals surface area contributed by atoms with Crippen LogP contribution < -0.4 is 0 Å². The van der Waals surface area contributed by atoms with E-state index in [1.807, 2.05) is 26.1 Å². The van der Waals surface area contributed by atoms with Crippen molar-refractivity contribution in [3.8, 4) is 0 Å². The van der Waals surface area contributed by atoms with E-state index in [2.05, 4.69) is 24.1 Å². The van der Waals surface area contributed by atoms with Gasteiger partial charge in [-0.25, -0.2) is 0 Å². The van der Waals surface area contributed by atoms with Crippen LogP contribution in [0.4, 0.5) is 0 Å². The number of allylic oxidation sites excluding steroid dienone is 6. The van der Waals surface area contributed by atoms with Crippen molar-refractivity contribution in [2.75, 3.05) is 7.05 Å². The van der Waals surface area contributed by atoms with E-state index >= 15 is 0 Å². The van der Waals surface area contributed by atoms with E-state index in [9.17, 15) is 0 Å². The van der Waals surface area contributed by atoms with E-state index in [0.717, 1.165) is 17.7 Å². The molecule has 76 valence electrons. The number of hydrogen-bond acceptors (Lipinski definition) is 1. The maximum Gasteiger partial charge on any atom is 0.0686 e. The third-order valence-electron chi connectivity index (χ3n) is 2.17. The summed E-state index contributed by atoms with van der Waals surface area (Å²) < 4.78 is 0. The normalized spacial score (nSPS) is 24.1. The lowest BCUT2D eigenvalue weighted by atomic mass is 9.94. The fraction of sp³-hybridized carbons (Fsp3) is 0.417. The number of nitrogens with zero attached hydrogens (tertiary/aromatic N) is 1. The maximum absolute atomic E-state index is 6.09. The first-order chi connectivity index (χ1) is 6.70. The Morgan fingerprint density at radius 1 is 1.57 bits per heavy atom. The van der Waals surface area contributed by atoms with Crippen LogP contribution in [0.1, 0.15) is 20.3 Å². The zero-order chi connectivity index (χ0) is 10.6. The average Bonchev–Trinajstić information content (AvgIpc) is 2.18. The molecule has 0 aromatic rings. The maximum atomic E-state index is 6.09. The summed E-state index contributed by atoms with van der Waals surface area (Å²) in [6.07, 6.45) is 9.33. The largest absolute Gasteiger partial charge is 0.288 e. The van der Waals surface area contributed by atoms with Gasteiger partial charge in [0.15, 0.2) is 0 Å². The highest BCUT2D eigenvalue weighted by molar-refractivity contribution is 6.29. The highest BCUT2D eigenvalue weighted by Gasteiger charge is 2.16. The summed E-state index contributed by atoms with van der Waals surface area (Å²) >= 11 is 6.09. The zero-order valence-corrected chi connectivity index (χ0v) is 9.67. The predicted molar refractivity (Wildman–Crippen MR) is 64.3 cm³/mol. The van der Waals surface area contributed by atoms with Crippen LogP contribution in [0.5, 0.6) is 0 Å². The summed E-state index contributed by atoms with van der Waals surface area (Å²) in [5.41, 5.74) is 3.31. The topological polar surface area (TPSA) is 12.4 Å². The minimum Gasteiger partial charge on any atom is -0.288 e. The van der Waals surface area contributed by atoms with Gasteiger partial charge in [-0.15, -0.1) is 11.6 Å². The monoisotopic (exact) mass is 209 g/mol. The summed E-state index contributed by atoms with van der Waals surface area (Å²) in [6.45, 7) is 4.09. The van der Waals surface area contributed by atoms with Crippen molar-refractivity contribution in [1.82, 2.24) is 0 Å². The van der Waals surface area contributed by atoms with Crippen LogP contribution in [0.15, 0.2) is 40.4 Å². The van der Waals surface area contributed by atoms with Crippen molar-refractivity contribution >= 4 is 17.3 Å². The van der Waals surface area contributed by atoms with E-state index < -0.39 is 0 Å². The molecule has 0 amide bonds. The van der Waals surface area contributed by atoms with Crippen molar-refractivity contribution in [3.63, 3.8) is 0 Å². The van der Waals surface area contributed by atoms with Crippen molar-refractivity contribution in [3.05, 3.63) is 35.5 Å². The molecule has 0 saturated carbocycles. The van der Waals surface area contributed by atoms with Gasteiger partial charge in [-0.3, -0.25) is 4.99 Å². The second-order valence-electron chi connectivity index (χ2n) is 3.24. The number of alkyl halides is 1. The van der Waals surface area contributed by atoms with Crippen LogP contribution >= 0.6 is 11.6 Å². The molecular formula is C12H16ClN. The molecule has 14 heavy (non-hydrogen) atoms. The van der Waals surface area contributed by atoms with Crippen molar-refractivity contribution in [2.45, 2.75) is 25.6 Å². The second kappa shape index (κ2) is 5.16. The predicted octanol–water partition coefficient (Wildman–Crippen LogP) is 3.52. The van der Waals surface area contributed by atoms with Gasteiger partial charge in [0.25, 0.3) is 0 Å². The van der Waals surface area contributed by atoms with Crippen LogP contribution in [0.2, 0.25) is 0 Å². The first-order valence-corrected chi connectivity index (χ1v) is 5.34. The average molecular weight is 210 g/mol. The number of aliphatic imine (C=N–C) groups is 1. The van der Waals surface area contributed by atoms with Gasteiger partial charge in [0.2, 0.25) is 0 Å². The zero-order valence-electron chi connectivity index (χ0n) is 8.92. The molecule has 1 unspecified atom stereocenters. The van der Waals surface area contributed by atoms with Gasteiger partial charge >= 0.3 is 0 Å². The number of rotatable bonds is 2. The first-order valence-electron chi connectivity index (χ1n) is 4.90. The van der Waals surface area contributed by atoms with E-state index in [1.54, 1.807) is 0 Å². The van der Waals surface area contributed by atoms with E-state index in [0.29, 0.717) is 0 Å². The Hall–Kier alpha value is -0.820. The molecule has 1 aliphatic carbocycles. The summed E-state index contributed by atoms with van der Waals surface area (Å²) in [6, 6.07) is 0. The molecule has 0 bridgehead atoms. The summed E-state index contributed by atoms with van der Waals surface area (Å²) in [7, 11) is 1.81. The van der Waals surface area contributed by atoms with Gasteiger partial charge in [0.05, 0.1) is 11.1 Å². The van der Waals surface area contributed by atoms with Gasteiger partial charge in [0, 0.05) is 7.05 Å². The fourth-order valence-corrected chi connectivity index (χ4v) is 1.72. The van der Waals surface area contributed by atoms with Crippen LogP contribution in [0.3, 0.4) is 0 Å². The Bertz CT molecular complexity index is 319. The van der Waals surface area contributed by atoms with Gasteiger partial charge in [-0.2, -0.15) is 0 Å². The second-order valence-corrected chi connectivity index (χ2v) is 3.89. The highest BCUT2D eigenvalue weighted by atomic mass is 35.5. The standard InChI is InChI=1S/C12H16ClN/c1-4-6-10-7-5-8-11(9(2)13)12(10)14-3/h5-9H,4H2,1-3H3/b10-6-,14-12?. The van der Waals surface area contributed by atoms with E-state index in [-0.39, 0.29) is 5.38 Å². The molecule has 0 aliphatic heterocycles. The Morgan fingerprint density at radius 3 is 2.79 bits per heavy atom. The Balaban J connectivity index is 3.07. The number of halogens is 1. The van der Waals surface area contributed by atoms with Crippen LogP contribution in [-0.2, 0) is 0 Å². The molecule has 0 aromatic carbocycles. The minimum absolute atomic E-state index is 0.0129. The molecule has 0 aromatic heterocycles. The van der Waals surface area contributed by atoms with Crippen LogP contribution in [-0.4, -0.2) is 18.1 Å². The summed E-state index contributed by atoms with van der Waals surface area (Å²) in [5.74, 6) is 0. The van der Waals surface area contributed by atoms with Gasteiger partial charge in [-0.1, -0.05) is 31.2 Å². The molecule has 1 aliphatic rings. The molecule has 0 heterocycles. The molecule has 2 heteroatoms. The molecule has 0 saturated heterocycles. The molecule has 1 nitrogen and oxygen atoms in total. The molecule has 1 atom stereocenters. The Kier molecular flexibility index (Phi) is 4.15. The quantitative estimate of drug-likeness (QED) is 0.618. The van der Waals surface area contributed by atoms with E-state index in [4.69, 9.17) is 11.6 Å². The van der Waals surface area contributed by atoms with Crippen molar-refractivity contribution in [2.24, 2.45) is 4.99 Å². The SMILES string of the molecule is CC/C=C1/C=CC=C(C(C)Cl)C1=NC. The summed E-state index contributed by atoms with van der Waals surface area (Å²) in [5, 5.41) is 0.0129. The number of hydrogen-bond donors (Lipinski definition) is 0. The van der Waals surface area contributed by atoms with Crippen LogP contribution in [0, 0.1) is 0 Å². The van der Waals surface area contributed by atoms with Gasteiger partial charge < -0.3 is 0 Å². The third-order valence-corrected chi connectivity index (χ3v) is 2.41. The summed E-state index contributed by atoms with van der Waals surface area (Å²) in [4.78, 5) is 4.29. The fourth-order valence-electron chi connectivity index (χ4n) is 1.54. The third kappa shape index (κ3) is 2.36. The lowest BCUT2D eigenvalue weighted by Gasteiger charge is -2.16. The van der Waals surface area contributed by atoms with Gasteiger partial charge in [0.1, 0.15) is 0 Å². The molecule has 0 fully saturated rings. The minimum atomic E-state index is 0.0129.